The van der Waals surface area contributed by atoms with E-state index in [0.717, 1.165) is 58.0 Å². The zero-order valence-corrected chi connectivity index (χ0v) is 24.6. The van der Waals surface area contributed by atoms with Crippen molar-refractivity contribution in [2.24, 2.45) is 23.2 Å². The number of alkyl halides is 1. The molecule has 5 rings (SSSR count). The topological polar surface area (TPSA) is 70.1 Å². The molecule has 7 atom stereocenters. The quantitative estimate of drug-likeness (QED) is 0.422. The summed E-state index contributed by atoms with van der Waals surface area (Å²) in [6.45, 7) is 5.07. The van der Waals surface area contributed by atoms with Crippen molar-refractivity contribution in [2.45, 2.75) is 76.7 Å². The van der Waals surface area contributed by atoms with E-state index in [1.807, 2.05) is 6.07 Å². The summed E-state index contributed by atoms with van der Waals surface area (Å²) in [5.41, 5.74) is 2.68. The smallest absolute Gasteiger partial charge is 0.410 e. The Morgan fingerprint density at radius 3 is 2.67 bits per heavy atom. The number of aliphatic hydroxyl groups excluding tert-OH is 1. The van der Waals surface area contributed by atoms with Gasteiger partial charge in [0, 0.05) is 48.5 Å². The fourth-order valence-electron chi connectivity index (χ4n) is 8.21. The summed E-state index contributed by atoms with van der Waals surface area (Å²) in [5.74, 6) is 3.85. The third-order valence-corrected chi connectivity index (χ3v) is 12.0. The Morgan fingerprint density at radius 1 is 1.13 bits per heavy atom. The fraction of sp³-hybridized carbons (Fsp3) is 0.774. The molecule has 1 saturated heterocycles. The number of carbonyl (C=O) groups is 1. The SMILES string of the molecule is CN1CCN(C(=O)Oc2ccc3c(c2)C[C@@H](CCCS(=O)CCCCF)[C@@H]2[C@@H]3CC[C@]3(C)[C@@H](O)CC[C@@H]23)CC1. The first-order chi connectivity index (χ1) is 18.8. The number of carbonyl (C=O) groups excluding carboxylic acids is 1. The molecular weight excluding hydrogens is 515 g/mol. The number of nitrogens with zero attached hydrogens (tertiary/aromatic N) is 2. The van der Waals surface area contributed by atoms with Gasteiger partial charge in [0.2, 0.25) is 0 Å². The van der Waals surface area contributed by atoms with Crippen LogP contribution in [-0.4, -0.2) is 82.7 Å². The van der Waals surface area contributed by atoms with Crippen LogP contribution in [0.4, 0.5) is 9.18 Å². The summed E-state index contributed by atoms with van der Waals surface area (Å²) in [7, 11) is 1.18. The largest absolute Gasteiger partial charge is 0.415 e. The molecular formula is C31H47FN2O4S. The van der Waals surface area contributed by atoms with E-state index in [4.69, 9.17) is 4.74 Å². The van der Waals surface area contributed by atoms with Crippen LogP contribution in [0.25, 0.3) is 0 Å². The minimum atomic E-state index is -0.887. The summed E-state index contributed by atoms with van der Waals surface area (Å²) in [4.78, 5) is 16.8. The Hall–Kier alpha value is -1.51. The van der Waals surface area contributed by atoms with Crippen molar-refractivity contribution in [3.63, 3.8) is 0 Å². The number of hydrogen-bond donors (Lipinski definition) is 1. The van der Waals surface area contributed by atoms with Gasteiger partial charge in [-0.1, -0.05) is 13.0 Å². The van der Waals surface area contributed by atoms with Gasteiger partial charge in [0.1, 0.15) is 5.75 Å². The van der Waals surface area contributed by atoms with Gasteiger partial charge in [0.15, 0.2) is 0 Å². The van der Waals surface area contributed by atoms with Crippen LogP contribution >= 0.6 is 0 Å². The van der Waals surface area contributed by atoms with Crippen LogP contribution in [0.3, 0.4) is 0 Å². The molecule has 2 saturated carbocycles. The van der Waals surface area contributed by atoms with Crippen LogP contribution in [0.2, 0.25) is 0 Å². The third kappa shape index (κ3) is 6.23. The summed E-state index contributed by atoms with van der Waals surface area (Å²) in [5, 5.41) is 10.9. The summed E-state index contributed by atoms with van der Waals surface area (Å²) < 4.78 is 30.8. The maximum atomic E-state index is 12.8. The second-order valence-electron chi connectivity index (χ2n) is 12.8. The molecule has 1 N–H and O–H groups in total. The van der Waals surface area contributed by atoms with E-state index >= 15 is 0 Å². The molecule has 3 fully saturated rings. The normalized spacial score (nSPS) is 33.2. The number of aliphatic hydroxyl groups is 1. The van der Waals surface area contributed by atoms with E-state index < -0.39 is 10.8 Å². The molecule has 1 heterocycles. The van der Waals surface area contributed by atoms with Crippen LogP contribution in [0, 0.1) is 23.2 Å². The lowest BCUT2D eigenvalue weighted by atomic mass is 9.52. The van der Waals surface area contributed by atoms with Crippen molar-refractivity contribution in [3.05, 3.63) is 29.3 Å². The molecule has 1 aromatic carbocycles. The number of ether oxygens (including phenoxy) is 1. The van der Waals surface area contributed by atoms with E-state index in [1.54, 1.807) is 4.90 Å². The van der Waals surface area contributed by atoms with Crippen LogP contribution in [-0.2, 0) is 17.2 Å². The predicted octanol–water partition coefficient (Wildman–Crippen LogP) is 5.15. The zero-order valence-electron chi connectivity index (χ0n) is 23.8. The Morgan fingerprint density at radius 2 is 1.90 bits per heavy atom. The second kappa shape index (κ2) is 12.6. The van der Waals surface area contributed by atoms with Gasteiger partial charge in [-0.15, -0.1) is 0 Å². The lowest BCUT2D eigenvalue weighted by Gasteiger charge is -2.53. The van der Waals surface area contributed by atoms with Crippen molar-refractivity contribution >= 4 is 16.9 Å². The molecule has 1 aromatic rings. The Labute approximate surface area is 236 Å². The monoisotopic (exact) mass is 562 g/mol. The Balaban J connectivity index is 1.31. The fourth-order valence-corrected chi connectivity index (χ4v) is 9.42. The highest BCUT2D eigenvalue weighted by Crippen LogP contribution is 2.62. The first-order valence-electron chi connectivity index (χ1n) is 15.2. The van der Waals surface area contributed by atoms with Crippen LogP contribution < -0.4 is 4.74 Å². The molecule has 1 amide bonds. The lowest BCUT2D eigenvalue weighted by Crippen LogP contribution is -2.48. The number of rotatable bonds is 9. The molecule has 1 unspecified atom stereocenters. The number of piperazine rings is 1. The van der Waals surface area contributed by atoms with Crippen molar-refractivity contribution in [2.75, 3.05) is 51.4 Å². The molecule has 39 heavy (non-hydrogen) atoms. The maximum Gasteiger partial charge on any atom is 0.415 e. The number of unbranched alkanes of at least 4 members (excludes halogenated alkanes) is 1. The second-order valence-corrected chi connectivity index (χ2v) is 14.5. The molecule has 218 valence electrons. The molecule has 4 aliphatic rings. The summed E-state index contributed by atoms with van der Waals surface area (Å²) in [6.07, 6.45) is 7.68. The van der Waals surface area contributed by atoms with E-state index in [-0.39, 0.29) is 24.3 Å². The lowest BCUT2D eigenvalue weighted by molar-refractivity contribution is -0.0393. The van der Waals surface area contributed by atoms with Crippen molar-refractivity contribution < 1.29 is 23.2 Å². The van der Waals surface area contributed by atoms with Crippen molar-refractivity contribution in [3.8, 4) is 5.75 Å². The maximum absolute atomic E-state index is 12.8. The van der Waals surface area contributed by atoms with Crippen molar-refractivity contribution in [1.29, 1.82) is 0 Å². The van der Waals surface area contributed by atoms with Gasteiger partial charge in [-0.25, -0.2) is 4.79 Å². The first kappa shape index (κ1) is 29.0. The minimum Gasteiger partial charge on any atom is -0.410 e. The average Bonchev–Trinajstić information content (AvgIpc) is 3.23. The molecule has 8 heteroatoms. The molecule has 0 aromatic heterocycles. The van der Waals surface area contributed by atoms with Gasteiger partial charge in [0.25, 0.3) is 0 Å². The minimum absolute atomic E-state index is 0.00983. The molecule has 6 nitrogen and oxygen atoms in total. The highest BCUT2D eigenvalue weighted by molar-refractivity contribution is 7.84. The third-order valence-electron chi connectivity index (χ3n) is 10.5. The number of likely N-dealkylation sites (N-methyl/N-ethyl adjacent to an activating group) is 1. The van der Waals surface area contributed by atoms with Gasteiger partial charge >= 0.3 is 6.09 Å². The standard InChI is InChI=1S/C31H47FN2O4S/c1-31-12-11-26-25-8-7-24(38-30(36)34-16-14-33(2)15-17-34)21-23(25)20-22(29(26)27(31)9-10-28(31)35)6-5-19-39(37)18-4-3-13-32/h7-8,21-22,26-29,35H,3-6,9-20H2,1-2H3/t22-,26-,27+,28+,29-,31+,39?/m1/s1. The Kier molecular flexibility index (Phi) is 9.34. The van der Waals surface area contributed by atoms with Crippen LogP contribution in [0.15, 0.2) is 18.2 Å². The van der Waals surface area contributed by atoms with E-state index in [9.17, 15) is 18.5 Å². The number of amides is 1. The molecule has 0 spiro atoms. The molecule has 0 bridgehead atoms. The number of fused-ring (bicyclic) bond motifs is 5. The van der Waals surface area contributed by atoms with Gasteiger partial charge < -0.3 is 19.6 Å². The van der Waals surface area contributed by atoms with Crippen molar-refractivity contribution in [1.82, 2.24) is 9.80 Å². The van der Waals surface area contributed by atoms with Crippen LogP contribution in [0.5, 0.6) is 5.75 Å². The van der Waals surface area contributed by atoms with Gasteiger partial charge in [0.05, 0.1) is 12.8 Å². The van der Waals surface area contributed by atoms with Gasteiger partial charge in [-0.05, 0) is 117 Å². The Bertz CT molecular complexity index is 1030. The first-order valence-corrected chi connectivity index (χ1v) is 16.7. The van der Waals surface area contributed by atoms with E-state index in [0.29, 0.717) is 66.9 Å². The van der Waals surface area contributed by atoms with Gasteiger partial charge in [-0.3, -0.25) is 8.60 Å². The summed E-state index contributed by atoms with van der Waals surface area (Å²) >= 11 is 0. The van der Waals surface area contributed by atoms with E-state index in [1.165, 1.54) is 11.1 Å². The summed E-state index contributed by atoms with van der Waals surface area (Å²) in [6, 6.07) is 6.27. The molecule has 0 radical (unpaired) electrons. The highest BCUT2D eigenvalue weighted by atomic mass is 32.2. The van der Waals surface area contributed by atoms with Gasteiger partial charge in [-0.2, -0.15) is 0 Å². The molecule has 3 aliphatic carbocycles. The number of halogens is 1. The van der Waals surface area contributed by atoms with E-state index in [2.05, 4.69) is 31.0 Å². The number of hydrogen-bond acceptors (Lipinski definition) is 5. The van der Waals surface area contributed by atoms with Crippen LogP contribution in [0.1, 0.15) is 75.3 Å². The molecule has 1 aliphatic heterocycles. The average molecular weight is 563 g/mol. The predicted molar refractivity (Wildman–Crippen MR) is 153 cm³/mol. The number of benzene rings is 1. The zero-order chi connectivity index (χ0) is 27.6. The highest BCUT2D eigenvalue weighted by Gasteiger charge is 2.56.